The molecule has 0 spiro atoms. The second-order valence-electron chi connectivity index (χ2n) is 3.73. The zero-order chi connectivity index (χ0) is 9.68. The molecule has 1 amide bonds. The molecule has 0 aromatic carbocycles. The molecule has 1 atom stereocenters. The lowest BCUT2D eigenvalue weighted by atomic mass is 10.1. The van der Waals surface area contributed by atoms with Gasteiger partial charge in [0.15, 0.2) is 0 Å². The van der Waals surface area contributed by atoms with Crippen LogP contribution in [0.25, 0.3) is 0 Å². The average molecular weight is 204 g/mol. The molecular weight excluding hydrogens is 186 g/mol. The van der Waals surface area contributed by atoms with Crippen LogP contribution in [-0.2, 0) is 4.79 Å². The van der Waals surface area contributed by atoms with Crippen molar-refractivity contribution in [3.63, 3.8) is 0 Å². The van der Waals surface area contributed by atoms with Crippen LogP contribution in [0.1, 0.15) is 39.0 Å². The molecule has 1 rings (SSSR count). The highest BCUT2D eigenvalue weighted by molar-refractivity contribution is 6.20. The first-order valence-corrected chi connectivity index (χ1v) is 5.59. The van der Waals surface area contributed by atoms with E-state index in [0.717, 1.165) is 19.3 Å². The predicted molar refractivity (Wildman–Crippen MR) is 54.9 cm³/mol. The van der Waals surface area contributed by atoms with E-state index in [9.17, 15) is 4.79 Å². The third-order valence-corrected chi connectivity index (χ3v) is 3.13. The second-order valence-corrected chi connectivity index (χ2v) is 4.35. The SMILES string of the molecule is CCC(Cl)CNC(=O)C1CCCC1. The summed E-state index contributed by atoms with van der Waals surface area (Å²) in [6, 6.07) is 0. The Bertz CT molecular complexity index is 166. The van der Waals surface area contributed by atoms with Crippen molar-refractivity contribution in [1.82, 2.24) is 5.32 Å². The van der Waals surface area contributed by atoms with Crippen molar-refractivity contribution in [1.29, 1.82) is 0 Å². The van der Waals surface area contributed by atoms with Gasteiger partial charge in [0, 0.05) is 12.5 Å². The highest BCUT2D eigenvalue weighted by atomic mass is 35.5. The molecule has 0 heterocycles. The number of halogens is 1. The Morgan fingerprint density at radius 3 is 2.69 bits per heavy atom. The van der Waals surface area contributed by atoms with Crippen LogP contribution in [0.5, 0.6) is 0 Å². The molecule has 0 saturated heterocycles. The van der Waals surface area contributed by atoms with Gasteiger partial charge in [0.05, 0.1) is 5.38 Å². The molecule has 13 heavy (non-hydrogen) atoms. The predicted octanol–water partition coefficient (Wildman–Crippen LogP) is 2.31. The van der Waals surface area contributed by atoms with Gasteiger partial charge in [0.25, 0.3) is 0 Å². The number of hydrogen-bond acceptors (Lipinski definition) is 1. The summed E-state index contributed by atoms with van der Waals surface area (Å²) in [6.07, 6.45) is 5.44. The van der Waals surface area contributed by atoms with Gasteiger partial charge in [-0.05, 0) is 19.3 Å². The number of hydrogen-bond donors (Lipinski definition) is 1. The van der Waals surface area contributed by atoms with E-state index in [1.54, 1.807) is 0 Å². The van der Waals surface area contributed by atoms with Crippen LogP contribution in [0.15, 0.2) is 0 Å². The van der Waals surface area contributed by atoms with Crippen molar-refractivity contribution in [2.75, 3.05) is 6.54 Å². The maximum absolute atomic E-state index is 11.5. The van der Waals surface area contributed by atoms with Gasteiger partial charge in [-0.15, -0.1) is 11.6 Å². The first-order chi connectivity index (χ1) is 6.24. The van der Waals surface area contributed by atoms with Gasteiger partial charge in [-0.25, -0.2) is 0 Å². The Hall–Kier alpha value is -0.240. The van der Waals surface area contributed by atoms with Gasteiger partial charge in [-0.1, -0.05) is 19.8 Å². The van der Waals surface area contributed by atoms with Crippen LogP contribution in [0, 0.1) is 5.92 Å². The summed E-state index contributed by atoms with van der Waals surface area (Å²) < 4.78 is 0. The smallest absolute Gasteiger partial charge is 0.223 e. The summed E-state index contributed by atoms with van der Waals surface area (Å²) in [5.74, 6) is 0.470. The average Bonchev–Trinajstić information content (AvgIpc) is 2.66. The minimum absolute atomic E-state index is 0.0883. The molecule has 0 radical (unpaired) electrons. The van der Waals surface area contributed by atoms with Crippen LogP contribution in [-0.4, -0.2) is 17.8 Å². The quantitative estimate of drug-likeness (QED) is 0.699. The van der Waals surface area contributed by atoms with Crippen molar-refractivity contribution in [3.05, 3.63) is 0 Å². The standard InChI is InChI=1S/C10H18ClNO/c1-2-9(11)7-12-10(13)8-5-3-4-6-8/h8-9H,2-7H2,1H3,(H,12,13). The lowest BCUT2D eigenvalue weighted by Gasteiger charge is -2.12. The zero-order valence-electron chi connectivity index (χ0n) is 8.18. The highest BCUT2D eigenvalue weighted by Crippen LogP contribution is 2.24. The minimum atomic E-state index is 0.0883. The molecule has 1 fully saturated rings. The normalized spacial score (nSPS) is 20.2. The largest absolute Gasteiger partial charge is 0.354 e. The first-order valence-electron chi connectivity index (χ1n) is 5.15. The van der Waals surface area contributed by atoms with E-state index in [4.69, 9.17) is 11.6 Å². The van der Waals surface area contributed by atoms with E-state index >= 15 is 0 Å². The first kappa shape index (κ1) is 10.8. The van der Waals surface area contributed by atoms with E-state index < -0.39 is 0 Å². The lowest BCUT2D eigenvalue weighted by molar-refractivity contribution is -0.124. The third-order valence-electron chi connectivity index (χ3n) is 2.67. The number of alkyl halides is 1. The molecule has 76 valence electrons. The third kappa shape index (κ3) is 3.55. The minimum Gasteiger partial charge on any atom is -0.354 e. The van der Waals surface area contributed by atoms with E-state index in [1.165, 1.54) is 12.8 Å². The fraction of sp³-hybridized carbons (Fsp3) is 0.900. The molecule has 1 saturated carbocycles. The molecule has 0 aliphatic heterocycles. The molecule has 0 aromatic rings. The summed E-state index contributed by atoms with van der Waals surface area (Å²) in [7, 11) is 0. The Labute approximate surface area is 85.0 Å². The van der Waals surface area contributed by atoms with Gasteiger partial charge in [-0.2, -0.15) is 0 Å². The van der Waals surface area contributed by atoms with Crippen molar-refractivity contribution >= 4 is 17.5 Å². The number of carbonyl (C=O) groups excluding carboxylic acids is 1. The van der Waals surface area contributed by atoms with Gasteiger partial charge in [0.1, 0.15) is 0 Å². The Morgan fingerprint density at radius 1 is 1.54 bits per heavy atom. The van der Waals surface area contributed by atoms with Crippen LogP contribution in [0.4, 0.5) is 0 Å². The summed E-state index contributed by atoms with van der Waals surface area (Å²) in [4.78, 5) is 11.5. The fourth-order valence-corrected chi connectivity index (χ4v) is 1.77. The van der Waals surface area contributed by atoms with E-state index in [1.807, 2.05) is 6.92 Å². The van der Waals surface area contributed by atoms with Gasteiger partial charge in [0.2, 0.25) is 5.91 Å². The van der Waals surface area contributed by atoms with Crippen LogP contribution in [0.2, 0.25) is 0 Å². The summed E-state index contributed by atoms with van der Waals surface area (Å²) in [6.45, 7) is 2.65. The van der Waals surface area contributed by atoms with Gasteiger partial charge >= 0.3 is 0 Å². The fourth-order valence-electron chi connectivity index (χ4n) is 1.69. The molecule has 2 nitrogen and oxygen atoms in total. The highest BCUT2D eigenvalue weighted by Gasteiger charge is 2.22. The maximum atomic E-state index is 11.5. The molecule has 1 aliphatic rings. The molecule has 1 N–H and O–H groups in total. The Morgan fingerprint density at radius 2 is 2.15 bits per heavy atom. The summed E-state index contributed by atoms with van der Waals surface area (Å²) >= 11 is 5.90. The summed E-state index contributed by atoms with van der Waals surface area (Å²) in [5, 5.41) is 2.99. The van der Waals surface area contributed by atoms with Crippen molar-refractivity contribution in [3.8, 4) is 0 Å². The molecule has 0 aromatic heterocycles. The van der Waals surface area contributed by atoms with Crippen molar-refractivity contribution in [2.45, 2.75) is 44.4 Å². The van der Waals surface area contributed by atoms with Crippen LogP contribution in [0.3, 0.4) is 0 Å². The summed E-state index contributed by atoms with van der Waals surface area (Å²) in [5.41, 5.74) is 0. The number of rotatable bonds is 4. The number of carbonyl (C=O) groups is 1. The Balaban J connectivity index is 2.16. The number of nitrogens with one attached hydrogen (secondary N) is 1. The zero-order valence-corrected chi connectivity index (χ0v) is 8.94. The molecule has 3 heteroatoms. The maximum Gasteiger partial charge on any atom is 0.223 e. The van der Waals surface area contributed by atoms with Gasteiger partial charge < -0.3 is 5.32 Å². The number of amides is 1. The Kier molecular flexibility index (Phi) is 4.57. The van der Waals surface area contributed by atoms with Gasteiger partial charge in [-0.3, -0.25) is 4.79 Å². The lowest BCUT2D eigenvalue weighted by Crippen LogP contribution is -2.33. The van der Waals surface area contributed by atoms with Crippen LogP contribution < -0.4 is 5.32 Å². The van der Waals surface area contributed by atoms with E-state index in [0.29, 0.717) is 6.54 Å². The second kappa shape index (κ2) is 5.48. The molecule has 1 aliphatic carbocycles. The topological polar surface area (TPSA) is 29.1 Å². The molecule has 1 unspecified atom stereocenters. The van der Waals surface area contributed by atoms with Crippen LogP contribution >= 0.6 is 11.6 Å². The molecule has 0 bridgehead atoms. The van der Waals surface area contributed by atoms with E-state index in [-0.39, 0.29) is 17.2 Å². The van der Waals surface area contributed by atoms with E-state index in [2.05, 4.69) is 5.32 Å². The van der Waals surface area contributed by atoms with Crippen molar-refractivity contribution < 1.29 is 4.79 Å². The monoisotopic (exact) mass is 203 g/mol. The molecular formula is C10H18ClNO. The van der Waals surface area contributed by atoms with Crippen molar-refractivity contribution in [2.24, 2.45) is 5.92 Å².